The molecule has 0 saturated carbocycles. The number of likely N-dealkylation sites (N-methyl/N-ethyl adjacent to an activating group) is 1. The van der Waals surface area contributed by atoms with E-state index in [1.165, 1.54) is 24.0 Å². The monoisotopic (exact) mass is 378 g/mol. The highest BCUT2D eigenvalue weighted by atomic mass is 16.2. The minimum atomic E-state index is -0.693. The number of hydrogen-bond donors (Lipinski definition) is 2. The Morgan fingerprint density at radius 1 is 0.929 bits per heavy atom. The van der Waals surface area contributed by atoms with Crippen LogP contribution in [0, 0.1) is 0 Å². The largest absolute Gasteiger partial charge is 0.355 e. The molecule has 1 amide bonds. The molecule has 28 heavy (non-hydrogen) atoms. The molecule has 0 radical (unpaired) electrons. The number of amides is 1. The average molecular weight is 379 g/mol. The van der Waals surface area contributed by atoms with Crippen LogP contribution in [-0.2, 0) is 10.2 Å². The van der Waals surface area contributed by atoms with E-state index in [2.05, 4.69) is 79.9 Å². The van der Waals surface area contributed by atoms with Crippen molar-refractivity contribution in [3.8, 4) is 11.1 Å². The van der Waals surface area contributed by atoms with Gasteiger partial charge in [0.1, 0.15) is 5.41 Å². The first-order valence-corrected chi connectivity index (χ1v) is 10.8. The molecule has 0 aromatic heterocycles. The van der Waals surface area contributed by atoms with Crippen LogP contribution < -0.4 is 10.6 Å². The Labute approximate surface area is 169 Å². The fraction of sp³-hybridized carbons (Fsp3) is 0.480. The zero-order valence-electron chi connectivity index (χ0n) is 17.7. The van der Waals surface area contributed by atoms with Crippen LogP contribution in [0.3, 0.4) is 0 Å². The van der Waals surface area contributed by atoms with Gasteiger partial charge >= 0.3 is 0 Å². The van der Waals surface area contributed by atoms with E-state index in [9.17, 15) is 4.79 Å². The zero-order chi connectivity index (χ0) is 20.1. The van der Waals surface area contributed by atoms with Crippen molar-refractivity contribution in [2.45, 2.75) is 70.9 Å². The van der Waals surface area contributed by atoms with Crippen molar-refractivity contribution in [3.63, 3.8) is 0 Å². The summed E-state index contributed by atoms with van der Waals surface area (Å²) < 4.78 is 0. The summed E-state index contributed by atoms with van der Waals surface area (Å²) in [6, 6.07) is 17.3. The number of unbranched alkanes of at least 4 members (excludes halogenated alkanes) is 2. The lowest BCUT2D eigenvalue weighted by Gasteiger charge is -2.40. The van der Waals surface area contributed by atoms with Crippen molar-refractivity contribution < 1.29 is 4.79 Å². The van der Waals surface area contributed by atoms with E-state index in [-0.39, 0.29) is 11.9 Å². The minimum Gasteiger partial charge on any atom is -0.355 e. The lowest BCUT2D eigenvalue weighted by molar-refractivity contribution is -0.126. The predicted molar refractivity (Wildman–Crippen MR) is 118 cm³/mol. The van der Waals surface area contributed by atoms with Crippen LogP contribution in [0.25, 0.3) is 11.1 Å². The molecular formula is C25H34N2O. The van der Waals surface area contributed by atoms with Crippen LogP contribution in [0.1, 0.15) is 64.5 Å². The van der Waals surface area contributed by atoms with Gasteiger partial charge in [-0.2, -0.15) is 0 Å². The first kappa shape index (κ1) is 20.6. The van der Waals surface area contributed by atoms with Crippen molar-refractivity contribution in [1.29, 1.82) is 0 Å². The van der Waals surface area contributed by atoms with Gasteiger partial charge in [0.2, 0.25) is 5.91 Å². The summed E-state index contributed by atoms with van der Waals surface area (Å²) in [7, 11) is 0. The van der Waals surface area contributed by atoms with Gasteiger partial charge in [-0.25, -0.2) is 0 Å². The third kappa shape index (κ3) is 3.48. The molecule has 0 fully saturated rings. The van der Waals surface area contributed by atoms with Gasteiger partial charge in [-0.1, -0.05) is 88.6 Å². The fourth-order valence-corrected chi connectivity index (χ4v) is 4.77. The van der Waals surface area contributed by atoms with Gasteiger partial charge in [-0.15, -0.1) is 0 Å². The predicted octanol–water partition coefficient (Wildman–Crippen LogP) is 5.04. The van der Waals surface area contributed by atoms with Crippen molar-refractivity contribution in [2.24, 2.45) is 0 Å². The van der Waals surface area contributed by atoms with E-state index in [1.54, 1.807) is 0 Å². The second kappa shape index (κ2) is 8.91. The van der Waals surface area contributed by atoms with E-state index in [0.717, 1.165) is 24.0 Å². The molecule has 0 aliphatic heterocycles. The standard InChI is InChI=1S/C25H34N2O/c1-5-7-8-17-23(27-18(3)4)25(24(28)26-6-2)21-15-11-9-13-19(21)20-14-10-12-16-22(20)25/h9-16,18,23,27H,5-8,17H2,1-4H3,(H,26,28). The van der Waals surface area contributed by atoms with Gasteiger partial charge in [-0.05, 0) is 35.6 Å². The molecule has 0 bridgehead atoms. The molecule has 3 rings (SSSR count). The summed E-state index contributed by atoms with van der Waals surface area (Å²) in [6.07, 6.45) is 4.46. The topological polar surface area (TPSA) is 41.1 Å². The number of fused-ring (bicyclic) bond motifs is 3. The Balaban J connectivity index is 2.23. The molecule has 1 atom stereocenters. The van der Waals surface area contributed by atoms with Gasteiger partial charge in [0, 0.05) is 18.6 Å². The van der Waals surface area contributed by atoms with Crippen molar-refractivity contribution >= 4 is 5.91 Å². The Morgan fingerprint density at radius 3 is 2.00 bits per heavy atom. The molecule has 2 aromatic carbocycles. The highest BCUT2D eigenvalue weighted by Gasteiger charge is 2.53. The Bertz CT molecular complexity index is 766. The normalized spacial score (nSPS) is 15.2. The number of hydrogen-bond acceptors (Lipinski definition) is 2. The maximum Gasteiger partial charge on any atom is 0.236 e. The van der Waals surface area contributed by atoms with E-state index < -0.39 is 5.41 Å². The van der Waals surface area contributed by atoms with Crippen molar-refractivity contribution in [2.75, 3.05) is 6.54 Å². The average Bonchev–Trinajstić information content (AvgIpc) is 2.99. The van der Waals surface area contributed by atoms with Gasteiger partial charge in [0.15, 0.2) is 0 Å². The summed E-state index contributed by atoms with van der Waals surface area (Å²) in [6.45, 7) is 9.20. The highest BCUT2D eigenvalue weighted by Crippen LogP contribution is 2.51. The molecule has 150 valence electrons. The number of nitrogens with one attached hydrogen (secondary N) is 2. The smallest absolute Gasteiger partial charge is 0.236 e. The summed E-state index contributed by atoms with van der Waals surface area (Å²) in [5.74, 6) is 0.113. The van der Waals surface area contributed by atoms with Crippen molar-refractivity contribution in [3.05, 3.63) is 59.7 Å². The van der Waals surface area contributed by atoms with E-state index in [1.807, 2.05) is 6.92 Å². The molecule has 2 aromatic rings. The maximum absolute atomic E-state index is 13.8. The zero-order valence-corrected chi connectivity index (χ0v) is 17.7. The van der Waals surface area contributed by atoms with Gasteiger partial charge in [0.05, 0.1) is 0 Å². The minimum absolute atomic E-state index is 0.0513. The van der Waals surface area contributed by atoms with Crippen LogP contribution >= 0.6 is 0 Å². The van der Waals surface area contributed by atoms with Crippen LogP contribution in [0.5, 0.6) is 0 Å². The molecule has 3 heteroatoms. The van der Waals surface area contributed by atoms with Crippen molar-refractivity contribution in [1.82, 2.24) is 10.6 Å². The molecule has 0 spiro atoms. The lowest BCUT2D eigenvalue weighted by atomic mass is 9.69. The quantitative estimate of drug-likeness (QED) is 0.601. The molecular weight excluding hydrogens is 344 g/mol. The number of carbonyl (C=O) groups is 1. The molecule has 3 nitrogen and oxygen atoms in total. The van der Waals surface area contributed by atoms with E-state index >= 15 is 0 Å². The van der Waals surface area contributed by atoms with Crippen LogP contribution in [-0.4, -0.2) is 24.5 Å². The summed E-state index contributed by atoms with van der Waals surface area (Å²) in [5.41, 5.74) is 3.96. The molecule has 1 aliphatic carbocycles. The second-order valence-corrected chi connectivity index (χ2v) is 8.13. The Kier molecular flexibility index (Phi) is 6.56. The molecule has 1 aliphatic rings. The van der Waals surface area contributed by atoms with Crippen LogP contribution in [0.15, 0.2) is 48.5 Å². The Hall–Kier alpha value is -2.13. The summed E-state index contributed by atoms with van der Waals surface area (Å²) >= 11 is 0. The van der Waals surface area contributed by atoms with Crippen LogP contribution in [0.2, 0.25) is 0 Å². The molecule has 1 unspecified atom stereocenters. The molecule has 2 N–H and O–H groups in total. The summed E-state index contributed by atoms with van der Waals surface area (Å²) in [5, 5.41) is 6.96. The third-order valence-electron chi connectivity index (χ3n) is 5.84. The van der Waals surface area contributed by atoms with Gasteiger partial charge < -0.3 is 10.6 Å². The third-order valence-corrected chi connectivity index (χ3v) is 5.84. The number of rotatable bonds is 9. The maximum atomic E-state index is 13.8. The molecule has 0 heterocycles. The van der Waals surface area contributed by atoms with Gasteiger partial charge in [-0.3, -0.25) is 4.79 Å². The first-order valence-electron chi connectivity index (χ1n) is 10.8. The fourth-order valence-electron chi connectivity index (χ4n) is 4.77. The summed E-state index contributed by atoms with van der Waals surface area (Å²) in [4.78, 5) is 13.8. The van der Waals surface area contributed by atoms with Gasteiger partial charge in [0.25, 0.3) is 0 Å². The SMILES string of the molecule is CCCCCC(NC(C)C)C1(C(=O)NCC)c2ccccc2-c2ccccc21. The second-order valence-electron chi connectivity index (χ2n) is 8.13. The Morgan fingerprint density at radius 2 is 1.50 bits per heavy atom. The lowest BCUT2D eigenvalue weighted by Crippen LogP contribution is -2.58. The highest BCUT2D eigenvalue weighted by molar-refractivity contribution is 6.01. The number of benzene rings is 2. The first-order chi connectivity index (χ1) is 13.6. The molecule has 0 saturated heterocycles. The van der Waals surface area contributed by atoms with E-state index in [0.29, 0.717) is 12.6 Å². The van der Waals surface area contributed by atoms with Crippen LogP contribution in [0.4, 0.5) is 0 Å². The number of carbonyl (C=O) groups excluding carboxylic acids is 1. The van der Waals surface area contributed by atoms with E-state index in [4.69, 9.17) is 0 Å².